The minimum Gasteiger partial charge on any atom is -0.494 e. The second-order valence-corrected chi connectivity index (χ2v) is 6.96. The quantitative estimate of drug-likeness (QED) is 0.620. The third-order valence-electron chi connectivity index (χ3n) is 4.99. The summed E-state index contributed by atoms with van der Waals surface area (Å²) in [4.78, 5) is 29.4. The highest BCUT2D eigenvalue weighted by Crippen LogP contribution is 2.25. The second kappa shape index (κ2) is 8.50. The van der Waals surface area contributed by atoms with Crippen molar-refractivity contribution in [2.24, 2.45) is 5.73 Å². The summed E-state index contributed by atoms with van der Waals surface area (Å²) < 4.78 is 12.1. The molecule has 8 heteroatoms. The van der Waals surface area contributed by atoms with E-state index in [9.17, 15) is 9.59 Å². The summed E-state index contributed by atoms with van der Waals surface area (Å²) >= 11 is 0. The first-order chi connectivity index (χ1) is 14.1. The van der Waals surface area contributed by atoms with Crippen LogP contribution in [0.2, 0.25) is 0 Å². The zero-order valence-electron chi connectivity index (χ0n) is 16.0. The predicted molar refractivity (Wildman–Crippen MR) is 109 cm³/mol. The van der Waals surface area contributed by atoms with Crippen LogP contribution < -0.4 is 16.0 Å². The molecule has 151 valence electrons. The standard InChI is InChI=1S/C21H23N4O4/c22-21(27)25-7-1-3-17(20(25)26)19-14-15-13-16(4-5-18(15)23-19)29-10-2-6-24-8-11-28-12-9-24/h3-5,7,13-14,23H,2,6,8-12H2,(H2,22,27). The van der Waals surface area contributed by atoms with E-state index >= 15 is 0 Å². The number of carbonyl (C=O) groups is 1. The topological polar surface area (TPSA) is 103 Å². The van der Waals surface area contributed by atoms with E-state index in [2.05, 4.69) is 16.0 Å². The number of ether oxygens (including phenoxy) is 2. The first-order valence-electron chi connectivity index (χ1n) is 9.60. The molecule has 1 saturated heterocycles. The smallest absolute Gasteiger partial charge is 0.325 e. The summed E-state index contributed by atoms with van der Waals surface area (Å²) in [6.07, 6.45) is 2.18. The fourth-order valence-electron chi connectivity index (χ4n) is 3.45. The van der Waals surface area contributed by atoms with E-state index in [-0.39, 0.29) is 0 Å². The molecular formula is C21H23N4O4. The lowest BCUT2D eigenvalue weighted by Gasteiger charge is -2.26. The van der Waals surface area contributed by atoms with Gasteiger partial charge in [0.1, 0.15) is 5.75 Å². The van der Waals surface area contributed by atoms with Crippen molar-refractivity contribution in [3.8, 4) is 17.0 Å². The molecular weight excluding hydrogens is 372 g/mol. The molecule has 1 radical (unpaired) electrons. The van der Waals surface area contributed by atoms with Crippen molar-refractivity contribution in [2.45, 2.75) is 6.42 Å². The zero-order chi connectivity index (χ0) is 20.2. The Morgan fingerprint density at radius 1 is 1.28 bits per heavy atom. The Balaban J connectivity index is 1.45. The highest BCUT2D eigenvalue weighted by atomic mass is 16.5. The summed E-state index contributed by atoms with van der Waals surface area (Å²) in [5.74, 6) is 0.777. The summed E-state index contributed by atoms with van der Waals surface area (Å²) in [5, 5.41) is 0.916. The highest BCUT2D eigenvalue weighted by Gasteiger charge is 2.12. The maximum Gasteiger partial charge on any atom is 0.325 e. The average Bonchev–Trinajstić information content (AvgIpc) is 3.15. The average molecular weight is 395 g/mol. The number of H-pyrrole nitrogens is 1. The van der Waals surface area contributed by atoms with Crippen LogP contribution in [0.5, 0.6) is 5.75 Å². The Bertz CT molecular complexity index is 1070. The summed E-state index contributed by atoms with van der Waals surface area (Å²) in [6.45, 7) is 5.20. The maximum atomic E-state index is 12.4. The molecule has 3 aromatic rings. The van der Waals surface area contributed by atoms with Crippen LogP contribution in [-0.4, -0.2) is 59.9 Å². The van der Waals surface area contributed by atoms with Crippen molar-refractivity contribution in [2.75, 3.05) is 39.5 Å². The largest absolute Gasteiger partial charge is 0.494 e. The number of hydrogen-bond acceptors (Lipinski definition) is 5. The van der Waals surface area contributed by atoms with Gasteiger partial charge in [0.15, 0.2) is 0 Å². The van der Waals surface area contributed by atoms with Crippen LogP contribution in [0.3, 0.4) is 0 Å². The monoisotopic (exact) mass is 395 g/mol. The molecule has 29 heavy (non-hydrogen) atoms. The van der Waals surface area contributed by atoms with Gasteiger partial charge in [0.05, 0.1) is 31.1 Å². The number of nitrogens with one attached hydrogen (secondary N) is 1. The minimum absolute atomic E-state index is 0.329. The first-order valence-corrected chi connectivity index (χ1v) is 9.60. The van der Waals surface area contributed by atoms with Gasteiger partial charge in [-0.3, -0.25) is 9.69 Å². The van der Waals surface area contributed by atoms with E-state index in [0.29, 0.717) is 17.9 Å². The van der Waals surface area contributed by atoms with E-state index in [1.807, 2.05) is 24.3 Å². The summed E-state index contributed by atoms with van der Waals surface area (Å²) in [6, 6.07) is 11.1. The molecule has 1 amide bonds. The molecule has 0 atom stereocenters. The molecule has 0 spiro atoms. The molecule has 0 unspecified atom stereocenters. The number of morpholine rings is 1. The van der Waals surface area contributed by atoms with Crippen LogP contribution in [-0.2, 0) is 4.74 Å². The zero-order valence-corrected chi connectivity index (χ0v) is 16.0. The molecule has 1 aliphatic heterocycles. The molecule has 1 fully saturated rings. The molecule has 3 heterocycles. The molecule has 1 aliphatic rings. The normalized spacial score (nSPS) is 14.9. The molecule has 8 nitrogen and oxygen atoms in total. The fraction of sp³-hybridized carbons (Fsp3) is 0.333. The SMILES string of the molecule is NC(=O)n1c[c]cc(-c2cc3cc(OCCCN4CCOCC4)ccc3[nH]2)c1=O. The molecule has 3 N–H and O–H groups in total. The maximum absolute atomic E-state index is 12.4. The van der Waals surface area contributed by atoms with Crippen molar-refractivity contribution in [3.05, 3.63) is 52.9 Å². The summed E-state index contributed by atoms with van der Waals surface area (Å²) in [7, 11) is 0. The molecule has 0 saturated carbocycles. The number of primary amides is 1. The number of hydrogen-bond donors (Lipinski definition) is 2. The molecule has 0 aliphatic carbocycles. The van der Waals surface area contributed by atoms with E-state index in [0.717, 1.165) is 60.5 Å². The Morgan fingerprint density at radius 2 is 2.10 bits per heavy atom. The van der Waals surface area contributed by atoms with Gasteiger partial charge in [0.2, 0.25) is 0 Å². The van der Waals surface area contributed by atoms with Crippen molar-refractivity contribution in [3.63, 3.8) is 0 Å². The number of benzene rings is 1. The van der Waals surface area contributed by atoms with Gasteiger partial charge in [0, 0.05) is 42.8 Å². The number of carbonyl (C=O) groups excluding carboxylic acids is 1. The van der Waals surface area contributed by atoms with Crippen LogP contribution in [0.1, 0.15) is 6.42 Å². The number of aromatic nitrogens is 2. The van der Waals surface area contributed by atoms with Gasteiger partial charge in [0.25, 0.3) is 5.56 Å². The Morgan fingerprint density at radius 3 is 2.90 bits per heavy atom. The van der Waals surface area contributed by atoms with Gasteiger partial charge in [-0.2, -0.15) is 0 Å². The molecule has 1 aromatic carbocycles. The van der Waals surface area contributed by atoms with Crippen LogP contribution >= 0.6 is 0 Å². The Kier molecular flexibility index (Phi) is 5.64. The number of amides is 1. The second-order valence-electron chi connectivity index (χ2n) is 6.96. The third-order valence-corrected chi connectivity index (χ3v) is 4.99. The van der Waals surface area contributed by atoms with Crippen molar-refractivity contribution in [1.82, 2.24) is 14.5 Å². The van der Waals surface area contributed by atoms with Crippen LogP contribution in [0.15, 0.2) is 41.3 Å². The number of aromatic amines is 1. The van der Waals surface area contributed by atoms with Gasteiger partial charge < -0.3 is 20.2 Å². The van der Waals surface area contributed by atoms with Crippen LogP contribution in [0.25, 0.3) is 22.2 Å². The Labute approximate surface area is 167 Å². The number of rotatable bonds is 6. The van der Waals surface area contributed by atoms with Gasteiger partial charge in [-0.1, -0.05) is 0 Å². The van der Waals surface area contributed by atoms with Crippen LogP contribution in [0, 0.1) is 6.07 Å². The Hall–Kier alpha value is -3.10. The number of nitrogens with two attached hydrogens (primary N) is 1. The van der Waals surface area contributed by atoms with Gasteiger partial charge in [-0.15, -0.1) is 0 Å². The van der Waals surface area contributed by atoms with Crippen LogP contribution in [0.4, 0.5) is 4.79 Å². The molecule has 2 aromatic heterocycles. The van der Waals surface area contributed by atoms with Gasteiger partial charge in [-0.05, 0) is 36.8 Å². The first kappa shape index (κ1) is 19.2. The third kappa shape index (κ3) is 4.33. The fourth-order valence-corrected chi connectivity index (χ4v) is 3.45. The lowest BCUT2D eigenvalue weighted by molar-refractivity contribution is 0.0358. The van der Waals surface area contributed by atoms with E-state index < -0.39 is 11.6 Å². The van der Waals surface area contributed by atoms with Crippen molar-refractivity contribution >= 4 is 16.9 Å². The lowest BCUT2D eigenvalue weighted by atomic mass is 10.2. The van der Waals surface area contributed by atoms with Gasteiger partial charge >= 0.3 is 6.03 Å². The van der Waals surface area contributed by atoms with E-state index in [4.69, 9.17) is 15.2 Å². The van der Waals surface area contributed by atoms with Gasteiger partial charge in [-0.25, -0.2) is 9.36 Å². The molecule has 4 rings (SSSR count). The number of pyridine rings is 1. The lowest BCUT2D eigenvalue weighted by Crippen LogP contribution is -2.37. The minimum atomic E-state index is -0.836. The van der Waals surface area contributed by atoms with E-state index in [1.54, 1.807) is 0 Å². The molecule has 0 bridgehead atoms. The van der Waals surface area contributed by atoms with E-state index in [1.165, 1.54) is 12.3 Å². The van der Waals surface area contributed by atoms with Crippen molar-refractivity contribution < 1.29 is 14.3 Å². The predicted octanol–water partition coefficient (Wildman–Crippen LogP) is 1.82. The number of fused-ring (bicyclic) bond motifs is 1. The number of nitrogens with zero attached hydrogens (tertiary/aromatic N) is 2. The highest BCUT2D eigenvalue weighted by molar-refractivity contribution is 5.87. The van der Waals surface area contributed by atoms with Crippen molar-refractivity contribution in [1.29, 1.82) is 0 Å². The summed E-state index contributed by atoms with van der Waals surface area (Å²) in [5.41, 5.74) is 6.54.